The molecule has 2 aromatic rings. The number of hydrogen-bond donors (Lipinski definition) is 2. The van der Waals surface area contributed by atoms with Gasteiger partial charge in [0, 0.05) is 18.7 Å². The zero-order valence-electron chi connectivity index (χ0n) is 14.1. The minimum absolute atomic E-state index is 0.0153. The Morgan fingerprint density at radius 1 is 1.08 bits per heavy atom. The Balaban J connectivity index is 1.57. The van der Waals surface area contributed by atoms with Gasteiger partial charge in [0.1, 0.15) is 0 Å². The molecule has 4 nitrogen and oxygen atoms in total. The van der Waals surface area contributed by atoms with Crippen molar-refractivity contribution < 1.29 is 9.59 Å². The van der Waals surface area contributed by atoms with Crippen LogP contribution < -0.4 is 10.6 Å². The quantitative estimate of drug-likeness (QED) is 0.888. The van der Waals surface area contributed by atoms with Gasteiger partial charge in [-0.3, -0.25) is 9.59 Å². The molecule has 0 saturated carbocycles. The third-order valence-electron chi connectivity index (χ3n) is 4.55. The minimum Gasteiger partial charge on any atom is -0.352 e. The maximum atomic E-state index is 12.0. The number of nitrogens with one attached hydrogen (secondary N) is 2. The third-order valence-corrected chi connectivity index (χ3v) is 4.55. The lowest BCUT2D eigenvalue weighted by Gasteiger charge is -2.16. The Labute approximate surface area is 142 Å². The van der Waals surface area contributed by atoms with Crippen LogP contribution in [0.25, 0.3) is 0 Å². The van der Waals surface area contributed by atoms with Crippen LogP contribution >= 0.6 is 0 Å². The lowest BCUT2D eigenvalue weighted by atomic mass is 9.85. The first kappa shape index (κ1) is 16.2. The van der Waals surface area contributed by atoms with Crippen LogP contribution in [0.2, 0.25) is 0 Å². The van der Waals surface area contributed by atoms with Crippen molar-refractivity contribution in [2.75, 3.05) is 5.32 Å². The fourth-order valence-corrected chi connectivity index (χ4v) is 2.92. The summed E-state index contributed by atoms with van der Waals surface area (Å²) in [6, 6.07) is 15.8. The van der Waals surface area contributed by atoms with Gasteiger partial charge < -0.3 is 10.6 Å². The summed E-state index contributed by atoms with van der Waals surface area (Å²) in [5.41, 5.74) is 3.50. The highest BCUT2D eigenvalue weighted by Gasteiger charge is 2.38. The van der Waals surface area contributed by atoms with Crippen molar-refractivity contribution in [3.63, 3.8) is 0 Å². The molecule has 2 amide bonds. The largest absolute Gasteiger partial charge is 0.352 e. The van der Waals surface area contributed by atoms with Gasteiger partial charge in [0.05, 0.1) is 5.41 Å². The maximum Gasteiger partial charge on any atom is 0.234 e. The van der Waals surface area contributed by atoms with Gasteiger partial charge in [0.25, 0.3) is 0 Å². The average molecular weight is 322 g/mol. The van der Waals surface area contributed by atoms with Crippen molar-refractivity contribution in [2.24, 2.45) is 0 Å². The lowest BCUT2D eigenvalue weighted by Crippen LogP contribution is -2.27. The standard InChI is InChI=1S/C20H22N2O2/c1-20(2)16-12-15(8-10-17(16)22-19(20)24)13-21-18(23)11-9-14-6-4-3-5-7-14/h3-8,10,12H,9,11,13H2,1-2H3,(H,21,23)(H,22,24). The third kappa shape index (κ3) is 3.32. The van der Waals surface area contributed by atoms with Crippen LogP contribution in [-0.2, 0) is 28.0 Å². The molecule has 0 saturated heterocycles. The molecule has 0 radical (unpaired) electrons. The molecule has 4 heteroatoms. The second kappa shape index (κ2) is 6.48. The summed E-state index contributed by atoms with van der Waals surface area (Å²) in [7, 11) is 0. The van der Waals surface area contributed by atoms with E-state index >= 15 is 0 Å². The van der Waals surface area contributed by atoms with E-state index in [9.17, 15) is 9.59 Å². The summed E-state index contributed by atoms with van der Waals surface area (Å²) in [6.07, 6.45) is 1.21. The Morgan fingerprint density at radius 3 is 2.58 bits per heavy atom. The van der Waals surface area contributed by atoms with Crippen molar-refractivity contribution in [1.29, 1.82) is 0 Å². The molecular weight excluding hydrogens is 300 g/mol. The van der Waals surface area contributed by atoms with Crippen LogP contribution in [0.3, 0.4) is 0 Å². The molecule has 0 spiro atoms. The van der Waals surface area contributed by atoms with E-state index in [1.54, 1.807) is 0 Å². The zero-order valence-corrected chi connectivity index (χ0v) is 14.1. The summed E-state index contributed by atoms with van der Waals surface area (Å²) in [5, 5.41) is 5.85. The van der Waals surface area contributed by atoms with Crippen molar-refractivity contribution in [3.8, 4) is 0 Å². The monoisotopic (exact) mass is 322 g/mol. The molecule has 0 bridgehead atoms. The van der Waals surface area contributed by atoms with Crippen LogP contribution in [0.4, 0.5) is 5.69 Å². The van der Waals surface area contributed by atoms with E-state index in [0.29, 0.717) is 13.0 Å². The highest BCUT2D eigenvalue weighted by molar-refractivity contribution is 6.05. The van der Waals surface area contributed by atoms with Crippen molar-refractivity contribution >= 4 is 17.5 Å². The summed E-state index contributed by atoms with van der Waals surface area (Å²) in [6.45, 7) is 4.30. The van der Waals surface area contributed by atoms with Gasteiger partial charge in [-0.05, 0) is 43.0 Å². The molecule has 124 valence electrons. The van der Waals surface area contributed by atoms with Gasteiger partial charge >= 0.3 is 0 Å². The normalized spacial score (nSPS) is 14.8. The molecule has 0 atom stereocenters. The number of fused-ring (bicyclic) bond motifs is 1. The molecule has 2 N–H and O–H groups in total. The highest BCUT2D eigenvalue weighted by atomic mass is 16.2. The number of hydrogen-bond acceptors (Lipinski definition) is 2. The van der Waals surface area contributed by atoms with Crippen molar-refractivity contribution in [1.82, 2.24) is 5.32 Å². The van der Waals surface area contributed by atoms with Gasteiger partial charge in [0.15, 0.2) is 0 Å². The van der Waals surface area contributed by atoms with E-state index in [0.717, 1.165) is 28.8 Å². The first-order valence-electron chi connectivity index (χ1n) is 8.22. The SMILES string of the molecule is CC1(C)C(=O)Nc2ccc(CNC(=O)CCc3ccccc3)cc21. The zero-order chi connectivity index (χ0) is 17.2. The number of carbonyl (C=O) groups is 2. The second-order valence-electron chi connectivity index (χ2n) is 6.72. The maximum absolute atomic E-state index is 12.0. The van der Waals surface area contributed by atoms with Crippen LogP contribution in [-0.4, -0.2) is 11.8 Å². The molecule has 3 rings (SSSR count). The molecule has 1 aliphatic rings. The molecular formula is C20H22N2O2. The summed E-state index contributed by atoms with van der Waals surface area (Å²) < 4.78 is 0. The van der Waals surface area contributed by atoms with Gasteiger partial charge in [0.2, 0.25) is 11.8 Å². The number of aryl methyl sites for hydroxylation is 1. The molecule has 0 unspecified atom stereocenters. The average Bonchev–Trinajstić information content (AvgIpc) is 2.81. The van der Waals surface area contributed by atoms with Gasteiger partial charge in [-0.2, -0.15) is 0 Å². The predicted octanol–water partition coefficient (Wildman–Crippen LogP) is 3.17. The number of anilines is 1. The second-order valence-corrected chi connectivity index (χ2v) is 6.72. The first-order chi connectivity index (χ1) is 11.5. The summed E-state index contributed by atoms with van der Waals surface area (Å²) >= 11 is 0. The van der Waals surface area contributed by atoms with Gasteiger partial charge in [-0.1, -0.05) is 42.5 Å². The van der Waals surface area contributed by atoms with Gasteiger partial charge in [-0.25, -0.2) is 0 Å². The highest BCUT2D eigenvalue weighted by Crippen LogP contribution is 2.37. The van der Waals surface area contributed by atoms with Crippen LogP contribution in [0.5, 0.6) is 0 Å². The number of rotatable bonds is 5. The number of benzene rings is 2. The molecule has 1 heterocycles. The smallest absolute Gasteiger partial charge is 0.234 e. The predicted molar refractivity (Wildman–Crippen MR) is 94.7 cm³/mol. The molecule has 24 heavy (non-hydrogen) atoms. The van der Waals surface area contributed by atoms with E-state index in [1.165, 1.54) is 0 Å². The summed E-state index contributed by atoms with van der Waals surface area (Å²) in [4.78, 5) is 24.0. The minimum atomic E-state index is -0.525. The molecule has 0 aromatic heterocycles. The Kier molecular flexibility index (Phi) is 4.38. The van der Waals surface area contributed by atoms with Crippen LogP contribution in [0, 0.1) is 0 Å². The molecule has 1 aliphatic heterocycles. The number of carbonyl (C=O) groups excluding carboxylic acids is 2. The Morgan fingerprint density at radius 2 is 1.83 bits per heavy atom. The van der Waals surface area contributed by atoms with Crippen LogP contribution in [0.1, 0.15) is 37.0 Å². The summed E-state index contributed by atoms with van der Waals surface area (Å²) in [5.74, 6) is 0.0503. The molecule has 0 aliphatic carbocycles. The van der Waals surface area contributed by atoms with Crippen LogP contribution in [0.15, 0.2) is 48.5 Å². The van der Waals surface area contributed by atoms with E-state index in [1.807, 2.05) is 62.4 Å². The topological polar surface area (TPSA) is 58.2 Å². The van der Waals surface area contributed by atoms with E-state index in [2.05, 4.69) is 10.6 Å². The van der Waals surface area contributed by atoms with Gasteiger partial charge in [-0.15, -0.1) is 0 Å². The van der Waals surface area contributed by atoms with E-state index in [4.69, 9.17) is 0 Å². The lowest BCUT2D eigenvalue weighted by molar-refractivity contribution is -0.121. The fraction of sp³-hybridized carbons (Fsp3) is 0.300. The molecule has 0 fully saturated rings. The van der Waals surface area contributed by atoms with Crippen molar-refractivity contribution in [3.05, 3.63) is 65.2 Å². The molecule has 2 aromatic carbocycles. The van der Waals surface area contributed by atoms with E-state index < -0.39 is 5.41 Å². The Hall–Kier alpha value is -2.62. The first-order valence-corrected chi connectivity index (χ1v) is 8.22. The van der Waals surface area contributed by atoms with Crippen molar-refractivity contribution in [2.45, 2.75) is 38.6 Å². The van der Waals surface area contributed by atoms with E-state index in [-0.39, 0.29) is 11.8 Å². The Bertz CT molecular complexity index is 766. The fourth-order valence-electron chi connectivity index (χ4n) is 2.92. The number of amides is 2.